The number of anilines is 1. The van der Waals surface area contributed by atoms with Crippen molar-refractivity contribution in [1.82, 2.24) is 5.32 Å². The molecule has 0 aliphatic rings. The van der Waals surface area contributed by atoms with Gasteiger partial charge in [0.15, 0.2) is 0 Å². The van der Waals surface area contributed by atoms with Gasteiger partial charge >= 0.3 is 0 Å². The summed E-state index contributed by atoms with van der Waals surface area (Å²) in [5, 5.41) is 11.5. The number of unbranched alkanes of at least 4 members (excludes halogenated alkanes) is 1. The molecule has 1 aromatic carbocycles. The van der Waals surface area contributed by atoms with Gasteiger partial charge in [0.1, 0.15) is 0 Å². The van der Waals surface area contributed by atoms with Gasteiger partial charge in [-0.2, -0.15) is 0 Å². The molecule has 0 saturated heterocycles. The molecule has 0 aromatic heterocycles. The Hall–Kier alpha value is -1.55. The lowest BCUT2D eigenvalue weighted by atomic mass is 9.97. The molecule has 18 heavy (non-hydrogen) atoms. The van der Waals surface area contributed by atoms with E-state index in [0.717, 1.165) is 24.1 Å². The summed E-state index contributed by atoms with van der Waals surface area (Å²) in [5.74, 6) is 0.237. The molecular formula is C14H22N2O2. The fraction of sp³-hybridized carbons (Fsp3) is 0.500. The molecule has 0 spiro atoms. The molecule has 0 aliphatic carbocycles. The van der Waals surface area contributed by atoms with Crippen molar-refractivity contribution in [1.29, 1.82) is 0 Å². The summed E-state index contributed by atoms with van der Waals surface area (Å²) in [7, 11) is 0. The number of amides is 1. The third-order valence-corrected chi connectivity index (χ3v) is 2.90. The summed E-state index contributed by atoms with van der Waals surface area (Å²) >= 11 is 0. The Morgan fingerprint density at radius 1 is 1.33 bits per heavy atom. The number of benzene rings is 1. The number of carbonyl (C=O) groups is 1. The predicted octanol–water partition coefficient (Wildman–Crippen LogP) is 1.65. The van der Waals surface area contributed by atoms with Crippen LogP contribution in [0, 0.1) is 0 Å². The molecule has 0 fully saturated rings. The molecule has 1 unspecified atom stereocenters. The monoisotopic (exact) mass is 250 g/mol. The van der Waals surface area contributed by atoms with E-state index in [1.807, 2.05) is 31.2 Å². The minimum Gasteiger partial charge on any atom is -0.399 e. The molecular weight excluding hydrogens is 228 g/mol. The Balaban J connectivity index is 2.33. The fourth-order valence-corrected chi connectivity index (χ4v) is 1.76. The van der Waals surface area contributed by atoms with Gasteiger partial charge in [0.2, 0.25) is 5.91 Å². The minimum absolute atomic E-state index is 0.0530. The van der Waals surface area contributed by atoms with Crippen molar-refractivity contribution in [2.24, 2.45) is 0 Å². The van der Waals surface area contributed by atoms with Gasteiger partial charge < -0.3 is 16.2 Å². The fourth-order valence-electron chi connectivity index (χ4n) is 1.76. The first-order valence-electron chi connectivity index (χ1n) is 6.36. The smallest absolute Gasteiger partial charge is 0.220 e. The van der Waals surface area contributed by atoms with Gasteiger partial charge in [-0.1, -0.05) is 19.1 Å². The summed E-state index contributed by atoms with van der Waals surface area (Å²) in [6.07, 6.45) is 2.02. The second-order valence-electron chi connectivity index (χ2n) is 4.55. The van der Waals surface area contributed by atoms with E-state index in [-0.39, 0.29) is 18.4 Å². The van der Waals surface area contributed by atoms with E-state index < -0.39 is 0 Å². The number of aliphatic hydroxyl groups excluding tert-OH is 1. The molecule has 1 rings (SSSR count). The average Bonchev–Trinajstić information content (AvgIpc) is 2.35. The minimum atomic E-state index is 0.0530. The van der Waals surface area contributed by atoms with Crippen LogP contribution in [-0.2, 0) is 4.79 Å². The SMILES string of the molecule is CC(CC(=O)NCCCCO)c1ccc(N)cc1. The van der Waals surface area contributed by atoms with E-state index in [9.17, 15) is 4.79 Å². The standard InChI is InChI=1S/C14H22N2O2/c1-11(12-4-6-13(15)7-5-12)10-14(18)16-8-2-3-9-17/h4-7,11,17H,2-3,8-10,15H2,1H3,(H,16,18). The topological polar surface area (TPSA) is 75.3 Å². The highest BCUT2D eigenvalue weighted by molar-refractivity contribution is 5.76. The van der Waals surface area contributed by atoms with Gasteiger partial charge in [-0.25, -0.2) is 0 Å². The van der Waals surface area contributed by atoms with Gasteiger partial charge in [-0.3, -0.25) is 4.79 Å². The highest BCUT2D eigenvalue weighted by Crippen LogP contribution is 2.19. The summed E-state index contributed by atoms with van der Waals surface area (Å²) in [4.78, 5) is 11.7. The maximum absolute atomic E-state index is 11.7. The maximum Gasteiger partial charge on any atom is 0.220 e. The first-order valence-corrected chi connectivity index (χ1v) is 6.36. The Labute approximate surface area is 108 Å². The van der Waals surface area contributed by atoms with E-state index in [1.54, 1.807) is 0 Å². The van der Waals surface area contributed by atoms with Crippen LogP contribution >= 0.6 is 0 Å². The van der Waals surface area contributed by atoms with Gasteiger partial charge in [-0.05, 0) is 36.5 Å². The van der Waals surface area contributed by atoms with Crippen molar-refractivity contribution in [3.05, 3.63) is 29.8 Å². The molecule has 0 aliphatic heterocycles. The van der Waals surface area contributed by atoms with E-state index in [2.05, 4.69) is 5.32 Å². The van der Waals surface area contributed by atoms with Crippen LogP contribution in [0.2, 0.25) is 0 Å². The first-order chi connectivity index (χ1) is 8.63. The third kappa shape index (κ3) is 5.19. The zero-order chi connectivity index (χ0) is 13.4. The molecule has 1 amide bonds. The molecule has 4 heteroatoms. The number of nitrogens with two attached hydrogens (primary N) is 1. The van der Waals surface area contributed by atoms with Gasteiger partial charge in [0.25, 0.3) is 0 Å². The third-order valence-electron chi connectivity index (χ3n) is 2.90. The highest BCUT2D eigenvalue weighted by atomic mass is 16.2. The van der Waals surface area contributed by atoms with Crippen LogP contribution in [0.1, 0.15) is 37.7 Å². The number of hydrogen-bond acceptors (Lipinski definition) is 3. The molecule has 4 N–H and O–H groups in total. The second kappa shape index (κ2) is 7.71. The van der Waals surface area contributed by atoms with E-state index in [0.29, 0.717) is 13.0 Å². The van der Waals surface area contributed by atoms with Crippen molar-refractivity contribution in [2.75, 3.05) is 18.9 Å². The molecule has 0 radical (unpaired) electrons. The van der Waals surface area contributed by atoms with Crippen molar-refractivity contribution in [3.8, 4) is 0 Å². The van der Waals surface area contributed by atoms with E-state index in [4.69, 9.17) is 10.8 Å². The molecule has 4 nitrogen and oxygen atoms in total. The zero-order valence-corrected chi connectivity index (χ0v) is 10.9. The molecule has 100 valence electrons. The largest absolute Gasteiger partial charge is 0.399 e. The van der Waals surface area contributed by atoms with E-state index >= 15 is 0 Å². The van der Waals surface area contributed by atoms with Crippen LogP contribution in [0.15, 0.2) is 24.3 Å². The number of aliphatic hydroxyl groups is 1. The van der Waals surface area contributed by atoms with Crippen LogP contribution in [-0.4, -0.2) is 24.2 Å². The van der Waals surface area contributed by atoms with Crippen LogP contribution in [0.5, 0.6) is 0 Å². The Bertz CT molecular complexity index is 363. The lowest BCUT2D eigenvalue weighted by Crippen LogP contribution is -2.25. The summed E-state index contributed by atoms with van der Waals surface area (Å²) in [5.41, 5.74) is 7.48. The maximum atomic E-state index is 11.7. The van der Waals surface area contributed by atoms with Crippen molar-refractivity contribution < 1.29 is 9.90 Å². The second-order valence-corrected chi connectivity index (χ2v) is 4.55. The zero-order valence-electron chi connectivity index (χ0n) is 10.9. The summed E-state index contributed by atoms with van der Waals surface area (Å²) < 4.78 is 0. The number of hydrogen-bond donors (Lipinski definition) is 3. The highest BCUT2D eigenvalue weighted by Gasteiger charge is 2.10. The van der Waals surface area contributed by atoms with Crippen LogP contribution < -0.4 is 11.1 Å². The van der Waals surface area contributed by atoms with Crippen molar-refractivity contribution >= 4 is 11.6 Å². The van der Waals surface area contributed by atoms with Crippen LogP contribution in [0.4, 0.5) is 5.69 Å². The van der Waals surface area contributed by atoms with Crippen molar-refractivity contribution in [2.45, 2.75) is 32.1 Å². The number of nitrogen functional groups attached to an aromatic ring is 1. The molecule has 0 heterocycles. The Morgan fingerprint density at radius 2 is 2.00 bits per heavy atom. The normalized spacial score (nSPS) is 12.1. The lowest BCUT2D eigenvalue weighted by molar-refractivity contribution is -0.121. The van der Waals surface area contributed by atoms with Gasteiger partial charge in [0.05, 0.1) is 0 Å². The lowest BCUT2D eigenvalue weighted by Gasteiger charge is -2.12. The first kappa shape index (κ1) is 14.5. The molecule has 1 aromatic rings. The molecule has 0 bridgehead atoms. The van der Waals surface area contributed by atoms with E-state index in [1.165, 1.54) is 0 Å². The quantitative estimate of drug-likeness (QED) is 0.509. The molecule has 1 atom stereocenters. The summed E-state index contributed by atoms with van der Waals surface area (Å²) in [6.45, 7) is 2.84. The van der Waals surface area contributed by atoms with Crippen LogP contribution in [0.25, 0.3) is 0 Å². The van der Waals surface area contributed by atoms with Crippen LogP contribution in [0.3, 0.4) is 0 Å². The van der Waals surface area contributed by atoms with Gasteiger partial charge in [-0.15, -0.1) is 0 Å². The number of rotatable bonds is 7. The summed E-state index contributed by atoms with van der Waals surface area (Å²) in [6, 6.07) is 7.62. The number of nitrogens with one attached hydrogen (secondary N) is 1. The Kier molecular flexibility index (Phi) is 6.22. The van der Waals surface area contributed by atoms with Crippen molar-refractivity contribution in [3.63, 3.8) is 0 Å². The average molecular weight is 250 g/mol. The number of carbonyl (C=O) groups excluding carboxylic acids is 1. The predicted molar refractivity (Wildman–Crippen MR) is 73.2 cm³/mol. The van der Waals surface area contributed by atoms with Gasteiger partial charge in [0, 0.05) is 25.3 Å². The Morgan fingerprint density at radius 3 is 2.61 bits per heavy atom. The molecule has 0 saturated carbocycles.